The highest BCUT2D eigenvalue weighted by molar-refractivity contribution is 7.90. The lowest BCUT2D eigenvalue weighted by Gasteiger charge is -2.15. The molecule has 0 amide bonds. The molecule has 0 N–H and O–H groups in total. The lowest BCUT2D eigenvalue weighted by Crippen LogP contribution is -2.12. The lowest BCUT2D eigenvalue weighted by atomic mass is 10.1. The third kappa shape index (κ3) is 2.54. The molecule has 0 aliphatic heterocycles. The summed E-state index contributed by atoms with van der Waals surface area (Å²) in [7, 11) is -3.39. The Balaban J connectivity index is 2.06. The molecular weight excluding hydrogens is 276 g/mol. The monoisotopic (exact) mass is 294 g/mol. The Morgan fingerprint density at radius 2 is 1.85 bits per heavy atom. The van der Waals surface area contributed by atoms with Crippen LogP contribution in [0.3, 0.4) is 0 Å². The van der Waals surface area contributed by atoms with Crippen molar-refractivity contribution in [1.29, 1.82) is 0 Å². The van der Waals surface area contributed by atoms with Crippen molar-refractivity contribution in [2.75, 3.05) is 6.26 Å². The van der Waals surface area contributed by atoms with Crippen LogP contribution >= 0.6 is 0 Å². The molecule has 0 bridgehead atoms. The van der Waals surface area contributed by atoms with Crippen molar-refractivity contribution in [3.63, 3.8) is 0 Å². The van der Waals surface area contributed by atoms with Crippen LogP contribution in [0.1, 0.15) is 44.6 Å². The highest BCUT2D eigenvalue weighted by atomic mass is 32.2. The molecular formula is C13H18N4O2S. The lowest BCUT2D eigenvalue weighted by molar-refractivity contribution is 0.414. The second-order valence-electron chi connectivity index (χ2n) is 5.44. The van der Waals surface area contributed by atoms with E-state index < -0.39 is 9.84 Å². The van der Waals surface area contributed by atoms with Crippen LogP contribution < -0.4 is 0 Å². The van der Waals surface area contributed by atoms with Gasteiger partial charge < -0.3 is 0 Å². The van der Waals surface area contributed by atoms with Gasteiger partial charge in [-0.25, -0.2) is 18.1 Å². The van der Waals surface area contributed by atoms with Gasteiger partial charge in [-0.3, -0.25) is 0 Å². The van der Waals surface area contributed by atoms with Crippen molar-refractivity contribution in [3.8, 4) is 0 Å². The zero-order valence-electron chi connectivity index (χ0n) is 11.5. The highest BCUT2D eigenvalue weighted by Gasteiger charge is 2.20. The van der Waals surface area contributed by atoms with E-state index in [1.165, 1.54) is 25.7 Å². The van der Waals surface area contributed by atoms with Crippen molar-refractivity contribution in [2.24, 2.45) is 0 Å². The van der Waals surface area contributed by atoms with Crippen LogP contribution in [0.25, 0.3) is 11.0 Å². The zero-order valence-corrected chi connectivity index (χ0v) is 12.3. The normalized spacial score (nSPS) is 18.2. The van der Waals surface area contributed by atoms with Crippen molar-refractivity contribution in [2.45, 2.75) is 49.7 Å². The summed E-state index contributed by atoms with van der Waals surface area (Å²) in [6, 6.07) is 0.317. The molecule has 0 atom stereocenters. The predicted molar refractivity (Wildman–Crippen MR) is 75.2 cm³/mol. The highest BCUT2D eigenvalue weighted by Crippen LogP contribution is 2.28. The third-order valence-electron chi connectivity index (χ3n) is 3.81. The number of hydrogen-bond acceptors (Lipinski definition) is 5. The van der Waals surface area contributed by atoms with E-state index in [0.29, 0.717) is 11.7 Å². The van der Waals surface area contributed by atoms with Crippen LogP contribution in [-0.2, 0) is 9.84 Å². The van der Waals surface area contributed by atoms with Gasteiger partial charge in [-0.15, -0.1) is 0 Å². The molecule has 20 heavy (non-hydrogen) atoms. The molecule has 2 heterocycles. The van der Waals surface area contributed by atoms with Crippen LogP contribution in [-0.4, -0.2) is 34.4 Å². The first-order valence-corrected chi connectivity index (χ1v) is 8.85. The van der Waals surface area contributed by atoms with Crippen molar-refractivity contribution >= 4 is 20.9 Å². The van der Waals surface area contributed by atoms with Gasteiger partial charge in [-0.2, -0.15) is 10.1 Å². The van der Waals surface area contributed by atoms with Gasteiger partial charge in [0.15, 0.2) is 5.65 Å². The number of fused-ring (bicyclic) bond motifs is 1. The van der Waals surface area contributed by atoms with E-state index in [9.17, 15) is 8.42 Å². The Labute approximate surface area is 118 Å². The molecule has 0 spiro atoms. The van der Waals surface area contributed by atoms with E-state index in [1.807, 2.05) is 4.68 Å². The second kappa shape index (κ2) is 5.12. The molecule has 2 aromatic heterocycles. The van der Waals surface area contributed by atoms with Gasteiger partial charge in [0.2, 0.25) is 15.0 Å². The minimum absolute atomic E-state index is 0.125. The van der Waals surface area contributed by atoms with Gasteiger partial charge in [0, 0.05) is 12.5 Å². The Bertz CT molecular complexity index is 715. The zero-order chi connectivity index (χ0) is 14.2. The Morgan fingerprint density at radius 3 is 2.50 bits per heavy atom. The largest absolute Gasteiger partial charge is 0.248 e. The van der Waals surface area contributed by atoms with E-state index in [2.05, 4.69) is 15.1 Å². The fraction of sp³-hybridized carbons (Fsp3) is 0.615. The van der Waals surface area contributed by atoms with Gasteiger partial charge in [0.1, 0.15) is 0 Å². The number of nitrogens with zero attached hydrogens (tertiary/aromatic N) is 4. The Hall–Kier alpha value is -1.50. The fourth-order valence-electron chi connectivity index (χ4n) is 2.77. The van der Waals surface area contributed by atoms with Gasteiger partial charge in [0.25, 0.3) is 0 Å². The summed E-state index contributed by atoms with van der Waals surface area (Å²) in [4.78, 5) is 8.12. The molecule has 0 radical (unpaired) electrons. The molecule has 0 aromatic carbocycles. The van der Waals surface area contributed by atoms with Gasteiger partial charge in [-0.05, 0) is 12.8 Å². The van der Waals surface area contributed by atoms with Crippen molar-refractivity contribution in [3.05, 3.63) is 12.4 Å². The maximum atomic E-state index is 11.6. The molecule has 2 aromatic rings. The predicted octanol–water partition coefficient (Wildman–Crippen LogP) is 2.13. The summed E-state index contributed by atoms with van der Waals surface area (Å²) in [6.45, 7) is 0. The molecule has 0 saturated heterocycles. The number of aromatic nitrogens is 4. The van der Waals surface area contributed by atoms with Gasteiger partial charge >= 0.3 is 0 Å². The minimum atomic E-state index is -3.39. The fourth-order valence-corrected chi connectivity index (χ4v) is 3.26. The maximum absolute atomic E-state index is 11.6. The Kier molecular flexibility index (Phi) is 3.45. The van der Waals surface area contributed by atoms with Gasteiger partial charge in [-0.1, -0.05) is 25.7 Å². The molecule has 1 fully saturated rings. The summed E-state index contributed by atoms with van der Waals surface area (Å²) in [5.41, 5.74) is 0.632. The van der Waals surface area contributed by atoms with Crippen LogP contribution in [0.5, 0.6) is 0 Å². The summed E-state index contributed by atoms with van der Waals surface area (Å²) in [5.74, 6) is 0. The molecule has 7 heteroatoms. The topological polar surface area (TPSA) is 77.7 Å². The van der Waals surface area contributed by atoms with Crippen molar-refractivity contribution < 1.29 is 8.42 Å². The summed E-state index contributed by atoms with van der Waals surface area (Å²) in [6.07, 6.45) is 11.4. The second-order valence-corrected chi connectivity index (χ2v) is 7.35. The standard InChI is InChI=1S/C13H18N4O2S/c1-20(18,19)13-14-8-10-9-15-17(12(10)16-13)11-6-4-2-3-5-7-11/h8-9,11H,2-7H2,1H3. The molecule has 6 nitrogen and oxygen atoms in total. The van der Waals surface area contributed by atoms with Crippen LogP contribution in [0.15, 0.2) is 17.6 Å². The van der Waals surface area contributed by atoms with Gasteiger partial charge in [0.05, 0.1) is 17.6 Å². The molecule has 1 saturated carbocycles. The van der Waals surface area contributed by atoms with Crippen LogP contribution in [0.4, 0.5) is 0 Å². The average molecular weight is 294 g/mol. The molecule has 3 rings (SSSR count). The third-order valence-corrected chi connectivity index (χ3v) is 4.67. The van der Waals surface area contributed by atoms with Crippen LogP contribution in [0, 0.1) is 0 Å². The van der Waals surface area contributed by atoms with Crippen LogP contribution in [0.2, 0.25) is 0 Å². The molecule has 0 unspecified atom stereocenters. The van der Waals surface area contributed by atoms with E-state index in [4.69, 9.17) is 0 Å². The first-order valence-electron chi connectivity index (χ1n) is 6.96. The first kappa shape index (κ1) is 13.5. The maximum Gasteiger partial charge on any atom is 0.248 e. The molecule has 108 valence electrons. The van der Waals surface area contributed by atoms with E-state index in [1.54, 1.807) is 12.4 Å². The molecule has 1 aliphatic rings. The smallest absolute Gasteiger partial charge is 0.244 e. The van der Waals surface area contributed by atoms with Crippen molar-refractivity contribution in [1.82, 2.24) is 19.7 Å². The molecule has 1 aliphatic carbocycles. The quantitative estimate of drug-likeness (QED) is 0.626. The summed E-state index contributed by atoms with van der Waals surface area (Å²) >= 11 is 0. The SMILES string of the molecule is CS(=O)(=O)c1ncc2cnn(C3CCCCCC3)c2n1. The van der Waals surface area contributed by atoms with E-state index in [-0.39, 0.29) is 5.16 Å². The first-order chi connectivity index (χ1) is 9.55. The summed E-state index contributed by atoms with van der Waals surface area (Å²) in [5, 5.41) is 5.07. The average Bonchev–Trinajstić information content (AvgIpc) is 2.64. The Morgan fingerprint density at radius 1 is 1.15 bits per heavy atom. The number of hydrogen-bond donors (Lipinski definition) is 0. The number of sulfone groups is 1. The summed E-state index contributed by atoms with van der Waals surface area (Å²) < 4.78 is 25.1. The number of rotatable bonds is 2. The van der Waals surface area contributed by atoms with E-state index in [0.717, 1.165) is 24.5 Å². The minimum Gasteiger partial charge on any atom is -0.244 e. The van der Waals surface area contributed by atoms with E-state index >= 15 is 0 Å².